The smallest absolute Gasteiger partial charge is 0.306 e. The Kier molecular flexibility index (Phi) is 39.4. The van der Waals surface area contributed by atoms with Gasteiger partial charge in [0.2, 0.25) is 0 Å². The molecule has 0 aliphatic carbocycles. The zero-order chi connectivity index (χ0) is 44.3. The van der Waals surface area contributed by atoms with Crippen LogP contribution >= 0.6 is 0 Å². The number of aliphatic hydroxyl groups excluding tert-OH is 4. The summed E-state index contributed by atoms with van der Waals surface area (Å²) in [4.78, 5) is 12.8. The van der Waals surface area contributed by atoms with E-state index >= 15 is 0 Å². The van der Waals surface area contributed by atoms with E-state index in [1.54, 1.807) is 0 Å². The van der Waals surface area contributed by atoms with Crippen LogP contribution in [0.1, 0.15) is 174 Å². The number of hydrogen-bond donors (Lipinski definition) is 4. The second kappa shape index (κ2) is 42.7. The molecule has 350 valence electrons. The lowest BCUT2D eigenvalue weighted by atomic mass is 9.99. The van der Waals surface area contributed by atoms with Gasteiger partial charge >= 0.3 is 5.97 Å². The number of carbonyl (C=O) groups is 1. The third-order valence-corrected chi connectivity index (χ3v) is 10.5. The minimum absolute atomic E-state index is 0.125. The van der Waals surface area contributed by atoms with Crippen molar-refractivity contribution in [2.75, 3.05) is 26.4 Å². The van der Waals surface area contributed by atoms with Crippen molar-refractivity contribution in [1.82, 2.24) is 0 Å². The Labute approximate surface area is 371 Å². The highest BCUT2D eigenvalue weighted by molar-refractivity contribution is 5.69. The second-order valence-corrected chi connectivity index (χ2v) is 16.2. The summed E-state index contributed by atoms with van der Waals surface area (Å²) in [5.74, 6) is -0.343. The topological polar surface area (TPSA) is 135 Å². The van der Waals surface area contributed by atoms with E-state index in [1.807, 2.05) is 0 Å². The molecule has 0 aromatic carbocycles. The number of esters is 1. The molecule has 6 atom stereocenters. The zero-order valence-electron chi connectivity index (χ0n) is 38.4. The second-order valence-electron chi connectivity index (χ2n) is 16.2. The Morgan fingerprint density at radius 3 is 1.52 bits per heavy atom. The first kappa shape index (κ1) is 56.4. The predicted molar refractivity (Wildman–Crippen MR) is 251 cm³/mol. The standard InChI is InChI=1S/C52H88O9/c1-3-5-7-9-11-13-15-17-19-20-21-22-23-24-25-26-27-29-31-33-35-37-39-41-48(54)60-46(45-59-52-51(57)50(56)49(55)47(43-53)61-52)44-58-42-40-38-36-34-32-30-28-18-16-14-12-10-8-6-4-2/h5,7,11,13,16-19,21-22,24-25,27,29,46-47,49-53,55-57H,3-4,6,8-10,12,14-15,20,23,26,28,30-45H2,1-2H3/b7-5-,13-11-,18-16-,19-17-,22-21-,25-24-,29-27-. The van der Waals surface area contributed by atoms with Crippen LogP contribution in [0, 0.1) is 0 Å². The van der Waals surface area contributed by atoms with E-state index < -0.39 is 43.4 Å². The first-order chi connectivity index (χ1) is 29.9. The lowest BCUT2D eigenvalue weighted by Gasteiger charge is -2.39. The minimum atomic E-state index is -1.55. The maximum atomic E-state index is 12.8. The summed E-state index contributed by atoms with van der Waals surface area (Å²) < 4.78 is 22.8. The average molecular weight is 857 g/mol. The van der Waals surface area contributed by atoms with E-state index in [2.05, 4.69) is 98.9 Å². The third-order valence-electron chi connectivity index (χ3n) is 10.5. The van der Waals surface area contributed by atoms with Gasteiger partial charge in [-0.05, 0) is 89.9 Å². The minimum Gasteiger partial charge on any atom is -0.457 e. The zero-order valence-corrected chi connectivity index (χ0v) is 38.4. The van der Waals surface area contributed by atoms with E-state index in [0.717, 1.165) is 96.3 Å². The van der Waals surface area contributed by atoms with Gasteiger partial charge in [-0.2, -0.15) is 0 Å². The Hall–Kier alpha value is -2.63. The van der Waals surface area contributed by atoms with Gasteiger partial charge in [-0.25, -0.2) is 0 Å². The highest BCUT2D eigenvalue weighted by Gasteiger charge is 2.44. The SMILES string of the molecule is CC/C=C\C/C=C\C/C=C\C/C=C\C/C=C\C/C=C\CCCCCCC(=O)OC(COCCCCCCCC/C=C\CCCCCCC)COC1OC(CO)C(O)C(O)C1O. The fourth-order valence-corrected chi connectivity index (χ4v) is 6.78. The molecule has 1 rings (SSSR count). The molecule has 1 aliphatic rings. The number of hydrogen-bond acceptors (Lipinski definition) is 9. The summed E-state index contributed by atoms with van der Waals surface area (Å²) >= 11 is 0. The molecular formula is C52H88O9. The molecule has 0 aromatic heterocycles. The van der Waals surface area contributed by atoms with Crippen molar-refractivity contribution >= 4 is 5.97 Å². The lowest BCUT2D eigenvalue weighted by Crippen LogP contribution is -2.59. The van der Waals surface area contributed by atoms with Crippen molar-refractivity contribution in [3.63, 3.8) is 0 Å². The van der Waals surface area contributed by atoms with Crippen molar-refractivity contribution in [3.05, 3.63) is 85.1 Å². The number of unbranched alkanes of at least 4 members (excludes halogenated alkanes) is 15. The number of carbonyl (C=O) groups excluding carboxylic acids is 1. The van der Waals surface area contributed by atoms with Crippen LogP contribution < -0.4 is 0 Å². The molecule has 4 N–H and O–H groups in total. The van der Waals surface area contributed by atoms with Crippen molar-refractivity contribution in [2.24, 2.45) is 0 Å². The molecule has 0 radical (unpaired) electrons. The summed E-state index contributed by atoms with van der Waals surface area (Å²) in [7, 11) is 0. The van der Waals surface area contributed by atoms with Crippen LogP contribution in [0.5, 0.6) is 0 Å². The van der Waals surface area contributed by atoms with E-state index in [4.69, 9.17) is 18.9 Å². The first-order valence-corrected chi connectivity index (χ1v) is 24.2. The van der Waals surface area contributed by atoms with Gasteiger partial charge in [0, 0.05) is 13.0 Å². The summed E-state index contributed by atoms with van der Waals surface area (Å²) in [6.45, 7) is 4.38. The Morgan fingerprint density at radius 1 is 0.541 bits per heavy atom. The lowest BCUT2D eigenvalue weighted by molar-refractivity contribution is -0.305. The van der Waals surface area contributed by atoms with Gasteiger partial charge in [-0.15, -0.1) is 0 Å². The molecule has 6 unspecified atom stereocenters. The van der Waals surface area contributed by atoms with Crippen LogP contribution in [0.25, 0.3) is 0 Å². The third kappa shape index (κ3) is 33.6. The van der Waals surface area contributed by atoms with Crippen LogP contribution in [0.15, 0.2) is 85.1 Å². The Bertz CT molecular complexity index is 1200. The van der Waals surface area contributed by atoms with Gasteiger partial charge in [-0.3, -0.25) is 4.79 Å². The fraction of sp³-hybridized carbons (Fsp3) is 0.712. The van der Waals surface area contributed by atoms with Crippen LogP contribution in [-0.2, 0) is 23.7 Å². The Balaban J connectivity index is 2.27. The number of ether oxygens (including phenoxy) is 4. The molecule has 0 aromatic rings. The maximum absolute atomic E-state index is 12.8. The van der Waals surface area contributed by atoms with Gasteiger partial charge in [0.15, 0.2) is 6.29 Å². The van der Waals surface area contributed by atoms with Crippen molar-refractivity contribution in [1.29, 1.82) is 0 Å². The molecule has 1 saturated heterocycles. The molecule has 1 aliphatic heterocycles. The van der Waals surface area contributed by atoms with Crippen LogP contribution in [0.2, 0.25) is 0 Å². The van der Waals surface area contributed by atoms with E-state index in [0.29, 0.717) is 6.61 Å². The van der Waals surface area contributed by atoms with Crippen molar-refractivity contribution in [3.8, 4) is 0 Å². The molecule has 9 nitrogen and oxygen atoms in total. The predicted octanol–water partition coefficient (Wildman–Crippen LogP) is 11.4. The van der Waals surface area contributed by atoms with Gasteiger partial charge in [-0.1, -0.05) is 163 Å². The summed E-state index contributed by atoms with van der Waals surface area (Å²) in [6, 6.07) is 0. The molecule has 1 heterocycles. The highest BCUT2D eigenvalue weighted by Crippen LogP contribution is 2.22. The molecule has 0 amide bonds. The molecule has 0 spiro atoms. The normalized spacial score (nSPS) is 20.7. The summed E-state index contributed by atoms with van der Waals surface area (Å²) in [6.07, 6.45) is 50.3. The van der Waals surface area contributed by atoms with Crippen molar-refractivity contribution < 1.29 is 44.2 Å². The number of rotatable bonds is 40. The highest BCUT2D eigenvalue weighted by atomic mass is 16.7. The fourth-order valence-electron chi connectivity index (χ4n) is 6.78. The van der Waals surface area contributed by atoms with Crippen LogP contribution in [0.3, 0.4) is 0 Å². The number of aliphatic hydroxyl groups is 4. The first-order valence-electron chi connectivity index (χ1n) is 24.2. The summed E-state index contributed by atoms with van der Waals surface area (Å²) in [5.41, 5.74) is 0. The van der Waals surface area contributed by atoms with Crippen LogP contribution in [0.4, 0.5) is 0 Å². The van der Waals surface area contributed by atoms with E-state index in [1.165, 1.54) is 57.8 Å². The van der Waals surface area contributed by atoms with Crippen molar-refractivity contribution in [2.45, 2.75) is 211 Å². The molecule has 61 heavy (non-hydrogen) atoms. The molecule has 1 fully saturated rings. The van der Waals surface area contributed by atoms with E-state index in [9.17, 15) is 25.2 Å². The molecule has 9 heteroatoms. The van der Waals surface area contributed by atoms with Crippen LogP contribution in [-0.4, -0.2) is 89.6 Å². The van der Waals surface area contributed by atoms with Gasteiger partial charge in [0.05, 0.1) is 19.8 Å². The molecular weight excluding hydrogens is 769 g/mol. The average Bonchev–Trinajstić information content (AvgIpc) is 3.26. The molecule has 0 saturated carbocycles. The Morgan fingerprint density at radius 2 is 1.00 bits per heavy atom. The van der Waals surface area contributed by atoms with Gasteiger partial charge in [0.25, 0.3) is 0 Å². The molecule has 0 bridgehead atoms. The number of allylic oxidation sites excluding steroid dienone is 14. The quantitative estimate of drug-likeness (QED) is 0.0270. The largest absolute Gasteiger partial charge is 0.457 e. The van der Waals surface area contributed by atoms with E-state index in [-0.39, 0.29) is 25.6 Å². The van der Waals surface area contributed by atoms with Gasteiger partial charge < -0.3 is 39.4 Å². The monoisotopic (exact) mass is 857 g/mol. The van der Waals surface area contributed by atoms with Gasteiger partial charge in [0.1, 0.15) is 30.5 Å². The summed E-state index contributed by atoms with van der Waals surface area (Å²) in [5, 5.41) is 40.2. The maximum Gasteiger partial charge on any atom is 0.306 e.